The van der Waals surface area contributed by atoms with Crippen LogP contribution in [0.5, 0.6) is 0 Å². The van der Waals surface area contributed by atoms with Crippen LogP contribution in [0.25, 0.3) is 0 Å². The molecule has 0 amide bonds. The van der Waals surface area contributed by atoms with E-state index in [-0.39, 0.29) is 11.3 Å². The highest BCUT2D eigenvalue weighted by molar-refractivity contribution is 9.10. The molecular weight excluding hydrogens is 334 g/mol. The Hall–Kier alpha value is -1.79. The first-order valence-electron chi connectivity index (χ1n) is 5.18. The van der Waals surface area contributed by atoms with E-state index in [0.29, 0.717) is 16.5 Å². The number of aromatic nitrogens is 1. The molecule has 4 N–H and O–H groups in total. The van der Waals surface area contributed by atoms with Crippen molar-refractivity contribution in [3.8, 4) is 0 Å². The maximum Gasteiger partial charge on any atom is 0.337 e. The second-order valence-corrected chi connectivity index (χ2v) is 4.98. The van der Waals surface area contributed by atoms with Crippen molar-refractivity contribution in [1.82, 2.24) is 4.98 Å². The number of benzene rings is 1. The quantitative estimate of drug-likeness (QED) is 0.794. The van der Waals surface area contributed by atoms with E-state index >= 15 is 0 Å². The minimum atomic E-state index is -1.07. The van der Waals surface area contributed by atoms with E-state index in [4.69, 9.17) is 22.4 Å². The highest BCUT2D eigenvalue weighted by Crippen LogP contribution is 2.28. The van der Waals surface area contributed by atoms with Gasteiger partial charge in [-0.25, -0.2) is 9.78 Å². The molecule has 0 radical (unpaired) electrons. The van der Waals surface area contributed by atoms with Crippen molar-refractivity contribution in [1.29, 1.82) is 0 Å². The summed E-state index contributed by atoms with van der Waals surface area (Å²) in [7, 11) is 0. The number of nitrogens with zero attached hydrogens (tertiary/aromatic N) is 1. The zero-order valence-corrected chi connectivity index (χ0v) is 11.9. The molecule has 19 heavy (non-hydrogen) atoms. The van der Waals surface area contributed by atoms with Crippen LogP contribution in [-0.2, 0) is 0 Å². The molecule has 5 nitrogen and oxygen atoms in total. The molecule has 0 saturated carbocycles. The minimum Gasteiger partial charge on any atom is -0.478 e. The number of rotatable bonds is 3. The van der Waals surface area contributed by atoms with Gasteiger partial charge in [0.15, 0.2) is 5.82 Å². The first-order chi connectivity index (χ1) is 8.97. The number of anilines is 3. The summed E-state index contributed by atoms with van der Waals surface area (Å²) in [4.78, 5) is 14.7. The van der Waals surface area contributed by atoms with Crippen molar-refractivity contribution in [3.63, 3.8) is 0 Å². The molecule has 2 rings (SSSR count). The molecule has 0 atom stereocenters. The number of aromatic carboxylic acids is 1. The Morgan fingerprint density at radius 1 is 1.42 bits per heavy atom. The van der Waals surface area contributed by atoms with Gasteiger partial charge in [-0.1, -0.05) is 11.6 Å². The van der Waals surface area contributed by atoms with Gasteiger partial charge >= 0.3 is 5.97 Å². The van der Waals surface area contributed by atoms with Crippen molar-refractivity contribution in [2.45, 2.75) is 0 Å². The summed E-state index contributed by atoms with van der Waals surface area (Å²) in [5, 5.41) is 12.3. The number of pyridine rings is 1. The van der Waals surface area contributed by atoms with Crippen LogP contribution in [0.4, 0.5) is 17.2 Å². The number of halogens is 2. The number of nitrogen functional groups attached to an aromatic ring is 1. The second kappa shape index (κ2) is 5.46. The Labute approximate surface area is 122 Å². The largest absolute Gasteiger partial charge is 0.478 e. The van der Waals surface area contributed by atoms with Crippen molar-refractivity contribution in [2.75, 3.05) is 11.1 Å². The molecule has 1 aromatic carbocycles. The molecule has 98 valence electrons. The number of carboxylic acids is 1. The maximum atomic E-state index is 10.8. The van der Waals surface area contributed by atoms with Gasteiger partial charge < -0.3 is 16.2 Å². The van der Waals surface area contributed by atoms with E-state index in [0.717, 1.165) is 4.47 Å². The summed E-state index contributed by atoms with van der Waals surface area (Å²) in [6, 6.07) is 6.63. The van der Waals surface area contributed by atoms with Crippen molar-refractivity contribution < 1.29 is 9.90 Å². The molecule has 2 aromatic rings. The van der Waals surface area contributed by atoms with Gasteiger partial charge in [0.1, 0.15) is 0 Å². The highest BCUT2D eigenvalue weighted by Gasteiger charge is 2.08. The zero-order chi connectivity index (χ0) is 14.0. The molecule has 0 saturated heterocycles. The van der Waals surface area contributed by atoms with Gasteiger partial charge in [-0.2, -0.15) is 0 Å². The molecule has 0 aliphatic rings. The lowest BCUT2D eigenvalue weighted by molar-refractivity contribution is 0.0696. The lowest BCUT2D eigenvalue weighted by atomic mass is 10.2. The third kappa shape index (κ3) is 3.15. The topological polar surface area (TPSA) is 88.2 Å². The Balaban J connectivity index is 2.28. The monoisotopic (exact) mass is 341 g/mol. The van der Waals surface area contributed by atoms with Crippen LogP contribution in [-0.4, -0.2) is 16.1 Å². The molecule has 1 aromatic heterocycles. The smallest absolute Gasteiger partial charge is 0.337 e. The number of nitrogens with two attached hydrogens (primary N) is 1. The highest BCUT2D eigenvalue weighted by atomic mass is 79.9. The summed E-state index contributed by atoms with van der Waals surface area (Å²) in [6.45, 7) is 0. The van der Waals surface area contributed by atoms with Crippen molar-refractivity contribution in [2.24, 2.45) is 0 Å². The summed E-state index contributed by atoms with van der Waals surface area (Å²) < 4.78 is 0.780. The first-order valence-corrected chi connectivity index (χ1v) is 6.35. The Kier molecular flexibility index (Phi) is 3.92. The fourth-order valence-corrected chi connectivity index (χ4v) is 1.84. The van der Waals surface area contributed by atoms with Crippen LogP contribution in [0.3, 0.4) is 0 Å². The third-order valence-corrected chi connectivity index (χ3v) is 3.58. The molecule has 0 spiro atoms. The molecule has 0 aliphatic carbocycles. The molecule has 0 bridgehead atoms. The van der Waals surface area contributed by atoms with Gasteiger partial charge in [-0.3, -0.25) is 0 Å². The first kappa shape index (κ1) is 13.6. The Bertz CT molecular complexity index is 649. The van der Waals surface area contributed by atoms with Crippen molar-refractivity contribution >= 4 is 50.7 Å². The van der Waals surface area contributed by atoms with Gasteiger partial charge in [0, 0.05) is 16.4 Å². The van der Waals surface area contributed by atoms with Crippen LogP contribution in [0.2, 0.25) is 5.02 Å². The third-order valence-electron chi connectivity index (χ3n) is 2.35. The molecule has 7 heteroatoms. The van der Waals surface area contributed by atoms with Gasteiger partial charge in [-0.05, 0) is 40.2 Å². The Morgan fingerprint density at radius 2 is 2.16 bits per heavy atom. The number of carboxylic acid groups (broad SMARTS) is 1. The predicted molar refractivity (Wildman–Crippen MR) is 78.0 cm³/mol. The average molecular weight is 343 g/mol. The number of hydrogen-bond acceptors (Lipinski definition) is 4. The maximum absolute atomic E-state index is 10.8. The predicted octanol–water partition coefficient (Wildman–Crippen LogP) is 3.52. The van der Waals surface area contributed by atoms with E-state index < -0.39 is 5.97 Å². The van der Waals surface area contributed by atoms with Gasteiger partial charge in [0.05, 0.1) is 16.3 Å². The fourth-order valence-electron chi connectivity index (χ4n) is 1.41. The van der Waals surface area contributed by atoms with Crippen LogP contribution in [0.1, 0.15) is 10.4 Å². The van der Waals surface area contributed by atoms with Gasteiger partial charge in [0.25, 0.3) is 0 Å². The van der Waals surface area contributed by atoms with E-state index in [1.165, 1.54) is 12.3 Å². The molecular formula is C12H9BrClN3O2. The summed E-state index contributed by atoms with van der Waals surface area (Å²) in [5.41, 5.74) is 6.74. The number of nitrogens with one attached hydrogen (secondary N) is 1. The number of carbonyl (C=O) groups is 1. The summed E-state index contributed by atoms with van der Waals surface area (Å²) in [5.74, 6) is -0.694. The molecule has 0 fully saturated rings. The average Bonchev–Trinajstić information content (AvgIpc) is 2.36. The van der Waals surface area contributed by atoms with Gasteiger partial charge in [0.2, 0.25) is 0 Å². The zero-order valence-electron chi connectivity index (χ0n) is 9.52. The van der Waals surface area contributed by atoms with Crippen molar-refractivity contribution in [3.05, 3.63) is 45.5 Å². The lowest BCUT2D eigenvalue weighted by Crippen LogP contribution is -2.03. The van der Waals surface area contributed by atoms with E-state index in [1.54, 1.807) is 18.2 Å². The van der Waals surface area contributed by atoms with Crippen LogP contribution >= 0.6 is 27.5 Å². The lowest BCUT2D eigenvalue weighted by Gasteiger charge is -2.09. The van der Waals surface area contributed by atoms with Crippen LogP contribution < -0.4 is 11.1 Å². The van der Waals surface area contributed by atoms with Crippen LogP contribution in [0.15, 0.2) is 34.9 Å². The fraction of sp³-hybridized carbons (Fsp3) is 0. The SMILES string of the molecule is Nc1cc(C(=O)O)cnc1Nc1ccc(Br)c(Cl)c1. The molecule has 0 aliphatic heterocycles. The normalized spacial score (nSPS) is 10.2. The molecule has 1 heterocycles. The second-order valence-electron chi connectivity index (χ2n) is 3.72. The standard InChI is InChI=1S/C12H9BrClN3O2/c13-8-2-1-7(4-9(8)14)17-11-10(15)3-6(5-16-11)12(18)19/h1-5H,15H2,(H,16,17)(H,18,19). The van der Waals surface area contributed by atoms with Gasteiger partial charge in [-0.15, -0.1) is 0 Å². The summed E-state index contributed by atoms with van der Waals surface area (Å²) >= 11 is 9.26. The van der Waals surface area contributed by atoms with E-state index in [1.807, 2.05) is 0 Å². The van der Waals surface area contributed by atoms with E-state index in [2.05, 4.69) is 26.2 Å². The summed E-state index contributed by atoms with van der Waals surface area (Å²) in [6.07, 6.45) is 1.24. The minimum absolute atomic E-state index is 0.0388. The van der Waals surface area contributed by atoms with E-state index in [9.17, 15) is 4.79 Å². The van der Waals surface area contributed by atoms with Crippen LogP contribution in [0, 0.1) is 0 Å². The Morgan fingerprint density at radius 3 is 2.74 bits per heavy atom. The number of hydrogen-bond donors (Lipinski definition) is 3. The molecule has 0 unspecified atom stereocenters.